The largest absolute Gasteiger partial charge is 0.253 e. The summed E-state index contributed by atoms with van der Waals surface area (Å²) in [4.78, 5) is 4.59. The third-order valence-corrected chi connectivity index (χ3v) is 4.52. The predicted octanol–water partition coefficient (Wildman–Crippen LogP) is 5.27. The Morgan fingerprint density at radius 1 is 1.25 bits per heavy atom. The van der Waals surface area contributed by atoms with E-state index in [0.717, 1.165) is 33.9 Å². The molecule has 0 spiro atoms. The SMILES string of the molecule is CCc1ccccc1-c1csc(N/N=C/c2ccc(F)cc2C)n1. The van der Waals surface area contributed by atoms with Crippen molar-refractivity contribution in [3.63, 3.8) is 0 Å². The number of rotatable bonds is 5. The Morgan fingerprint density at radius 3 is 2.88 bits per heavy atom. The van der Waals surface area contributed by atoms with Crippen LogP contribution in [-0.4, -0.2) is 11.2 Å². The molecule has 0 atom stereocenters. The number of hydrazone groups is 1. The highest BCUT2D eigenvalue weighted by Gasteiger charge is 2.07. The molecule has 1 aromatic heterocycles. The summed E-state index contributed by atoms with van der Waals surface area (Å²) in [6.45, 7) is 3.99. The molecule has 3 aromatic rings. The van der Waals surface area contributed by atoms with Gasteiger partial charge in [-0.1, -0.05) is 37.3 Å². The molecule has 0 unspecified atom stereocenters. The fourth-order valence-electron chi connectivity index (χ4n) is 2.47. The number of aryl methyl sites for hydroxylation is 2. The minimum absolute atomic E-state index is 0.239. The molecular weight excluding hydrogens is 321 g/mol. The zero-order valence-corrected chi connectivity index (χ0v) is 14.4. The Kier molecular flexibility index (Phi) is 5.01. The van der Waals surface area contributed by atoms with Crippen LogP contribution in [0.1, 0.15) is 23.6 Å². The number of hydrogen-bond donors (Lipinski definition) is 1. The van der Waals surface area contributed by atoms with Crippen molar-refractivity contribution in [3.05, 3.63) is 70.4 Å². The lowest BCUT2D eigenvalue weighted by Crippen LogP contribution is -1.93. The molecule has 1 N–H and O–H groups in total. The third kappa shape index (κ3) is 3.68. The minimum Gasteiger partial charge on any atom is -0.253 e. The highest BCUT2D eigenvalue weighted by molar-refractivity contribution is 7.14. The van der Waals surface area contributed by atoms with E-state index in [0.29, 0.717) is 0 Å². The summed E-state index contributed by atoms with van der Waals surface area (Å²) in [5.41, 5.74) is 8.05. The maximum Gasteiger partial charge on any atom is 0.203 e. The molecule has 0 radical (unpaired) electrons. The van der Waals surface area contributed by atoms with Gasteiger partial charge in [-0.3, -0.25) is 5.43 Å². The molecule has 0 aliphatic heterocycles. The summed E-state index contributed by atoms with van der Waals surface area (Å²) >= 11 is 1.51. The van der Waals surface area contributed by atoms with Crippen molar-refractivity contribution in [1.82, 2.24) is 4.98 Å². The van der Waals surface area contributed by atoms with Gasteiger partial charge < -0.3 is 0 Å². The lowest BCUT2D eigenvalue weighted by molar-refractivity contribution is 0.626. The summed E-state index contributed by atoms with van der Waals surface area (Å²) in [5.74, 6) is -0.239. The second-order valence-electron chi connectivity index (χ2n) is 5.42. The zero-order chi connectivity index (χ0) is 16.9. The monoisotopic (exact) mass is 339 g/mol. The van der Waals surface area contributed by atoms with Crippen LogP contribution < -0.4 is 5.43 Å². The second kappa shape index (κ2) is 7.36. The summed E-state index contributed by atoms with van der Waals surface area (Å²) in [6, 6.07) is 12.9. The van der Waals surface area contributed by atoms with Gasteiger partial charge in [0.05, 0.1) is 11.9 Å². The first-order valence-corrected chi connectivity index (χ1v) is 8.64. The normalized spacial score (nSPS) is 11.1. The Bertz CT molecular complexity index is 871. The van der Waals surface area contributed by atoms with Gasteiger partial charge >= 0.3 is 0 Å². The standard InChI is InChI=1S/C19H18FN3S/c1-3-14-6-4-5-7-17(14)18-12-24-19(22-18)23-21-11-15-8-9-16(20)10-13(15)2/h4-12H,3H2,1-2H3,(H,22,23)/b21-11+. The van der Waals surface area contributed by atoms with Crippen LogP contribution in [0, 0.1) is 12.7 Å². The summed E-state index contributed by atoms with van der Waals surface area (Å²) < 4.78 is 13.1. The molecule has 0 saturated heterocycles. The molecule has 3 nitrogen and oxygen atoms in total. The minimum atomic E-state index is -0.239. The number of hydrogen-bond acceptors (Lipinski definition) is 4. The maximum atomic E-state index is 13.1. The first-order chi connectivity index (χ1) is 11.7. The van der Waals surface area contributed by atoms with Crippen molar-refractivity contribution >= 4 is 22.7 Å². The van der Waals surface area contributed by atoms with Crippen molar-refractivity contribution in [2.75, 3.05) is 5.43 Å². The number of thiazole rings is 1. The Balaban J connectivity index is 1.73. The van der Waals surface area contributed by atoms with Crippen molar-refractivity contribution < 1.29 is 4.39 Å². The summed E-state index contributed by atoms with van der Waals surface area (Å²) in [6.07, 6.45) is 2.65. The van der Waals surface area contributed by atoms with Crippen molar-refractivity contribution in [3.8, 4) is 11.3 Å². The highest BCUT2D eigenvalue weighted by atomic mass is 32.1. The van der Waals surface area contributed by atoms with Crippen molar-refractivity contribution in [2.45, 2.75) is 20.3 Å². The van der Waals surface area contributed by atoms with Gasteiger partial charge in [0.2, 0.25) is 5.13 Å². The van der Waals surface area contributed by atoms with Crippen LogP contribution in [0.4, 0.5) is 9.52 Å². The number of nitrogens with one attached hydrogen (secondary N) is 1. The number of anilines is 1. The van der Waals surface area contributed by atoms with Crippen molar-refractivity contribution in [1.29, 1.82) is 0 Å². The average molecular weight is 339 g/mol. The first-order valence-electron chi connectivity index (χ1n) is 7.76. The number of nitrogens with zero attached hydrogens (tertiary/aromatic N) is 2. The first kappa shape index (κ1) is 16.3. The molecule has 0 aliphatic rings. The van der Waals surface area contributed by atoms with Gasteiger partial charge in [-0.2, -0.15) is 5.10 Å². The number of aromatic nitrogens is 1. The summed E-state index contributed by atoms with van der Waals surface area (Å²) in [7, 11) is 0. The Morgan fingerprint density at radius 2 is 2.08 bits per heavy atom. The van der Waals surface area contributed by atoms with Crippen molar-refractivity contribution in [2.24, 2.45) is 5.10 Å². The van der Waals surface area contributed by atoms with Gasteiger partial charge in [-0.05, 0) is 42.2 Å². The lowest BCUT2D eigenvalue weighted by Gasteiger charge is -2.03. The van der Waals surface area contributed by atoms with Crippen LogP contribution in [0.2, 0.25) is 0 Å². The van der Waals surface area contributed by atoms with E-state index < -0.39 is 0 Å². The van der Waals surface area contributed by atoms with Gasteiger partial charge in [0.15, 0.2) is 0 Å². The van der Waals surface area contributed by atoms with Gasteiger partial charge in [0.25, 0.3) is 0 Å². The van der Waals surface area contributed by atoms with Crippen LogP contribution in [0.25, 0.3) is 11.3 Å². The molecular formula is C19H18FN3S. The average Bonchev–Trinajstić information content (AvgIpc) is 3.05. The molecule has 0 aliphatic carbocycles. The smallest absolute Gasteiger partial charge is 0.203 e. The molecule has 3 rings (SSSR count). The molecule has 5 heteroatoms. The molecule has 122 valence electrons. The lowest BCUT2D eigenvalue weighted by atomic mass is 10.0. The number of halogens is 1. The van der Waals surface area contributed by atoms with Gasteiger partial charge in [-0.15, -0.1) is 11.3 Å². The Hall–Kier alpha value is -2.53. The predicted molar refractivity (Wildman–Crippen MR) is 99.3 cm³/mol. The van der Waals surface area contributed by atoms with Gasteiger partial charge in [0, 0.05) is 10.9 Å². The van der Waals surface area contributed by atoms with Gasteiger partial charge in [0.1, 0.15) is 5.82 Å². The van der Waals surface area contributed by atoms with E-state index in [-0.39, 0.29) is 5.82 Å². The van der Waals surface area contributed by atoms with Crippen LogP contribution in [0.15, 0.2) is 52.9 Å². The molecule has 2 aromatic carbocycles. The van der Waals surface area contributed by atoms with E-state index in [2.05, 4.69) is 34.6 Å². The fourth-order valence-corrected chi connectivity index (χ4v) is 3.13. The molecule has 1 heterocycles. The van der Waals surface area contributed by atoms with E-state index >= 15 is 0 Å². The quantitative estimate of drug-likeness (QED) is 0.508. The van der Waals surface area contributed by atoms with Crippen LogP contribution in [0.3, 0.4) is 0 Å². The zero-order valence-electron chi connectivity index (χ0n) is 13.6. The molecule has 24 heavy (non-hydrogen) atoms. The molecule has 0 fully saturated rings. The van der Waals surface area contributed by atoms with Gasteiger partial charge in [-0.25, -0.2) is 9.37 Å². The molecule has 0 saturated carbocycles. The Labute approximate surface area is 144 Å². The van der Waals surface area contributed by atoms with E-state index in [1.807, 2.05) is 24.4 Å². The third-order valence-electron chi connectivity index (χ3n) is 3.77. The molecule has 0 amide bonds. The van der Waals surface area contributed by atoms with E-state index in [1.165, 1.54) is 29.0 Å². The topological polar surface area (TPSA) is 37.3 Å². The summed E-state index contributed by atoms with van der Waals surface area (Å²) in [5, 5.41) is 6.95. The maximum absolute atomic E-state index is 13.1. The molecule has 0 bridgehead atoms. The van der Waals surface area contributed by atoms with Crippen LogP contribution >= 0.6 is 11.3 Å². The van der Waals surface area contributed by atoms with Crippen LogP contribution in [-0.2, 0) is 6.42 Å². The highest BCUT2D eigenvalue weighted by Crippen LogP contribution is 2.27. The van der Waals surface area contributed by atoms with E-state index in [1.54, 1.807) is 12.3 Å². The fraction of sp³-hybridized carbons (Fsp3) is 0.158. The second-order valence-corrected chi connectivity index (χ2v) is 6.28. The van der Waals surface area contributed by atoms with E-state index in [4.69, 9.17) is 0 Å². The number of benzene rings is 2. The van der Waals surface area contributed by atoms with Crippen LogP contribution in [0.5, 0.6) is 0 Å². The van der Waals surface area contributed by atoms with E-state index in [9.17, 15) is 4.39 Å².